The third-order valence-corrected chi connectivity index (χ3v) is 6.32. The normalized spacial score (nSPS) is 13.0. The van der Waals surface area contributed by atoms with E-state index < -0.39 is 5.41 Å². The zero-order valence-corrected chi connectivity index (χ0v) is 17.4. The zero-order valence-electron chi connectivity index (χ0n) is 16.6. The fourth-order valence-corrected chi connectivity index (χ4v) is 4.57. The Bertz CT molecular complexity index is 1100. The van der Waals surface area contributed by atoms with Gasteiger partial charge in [-0.3, -0.25) is 9.59 Å². The first kappa shape index (κ1) is 18.7. The molecule has 0 radical (unpaired) electrons. The summed E-state index contributed by atoms with van der Waals surface area (Å²) in [5.41, 5.74) is 3.91. The number of amides is 2. The fraction of sp³-hybridized carbons (Fsp3) is 0.304. The molecule has 3 aromatic rings. The van der Waals surface area contributed by atoms with Gasteiger partial charge in [0.1, 0.15) is 0 Å². The standard InChI is InChI=1S/C23H24N2O2S/c1-13-12-18(25-22(27)23(2,3)4)28-20(13)21(26)24-17-11-10-15-9-8-14-6-5-7-16(17)19(14)15/h5-7,10-12H,8-9H2,1-4H3,(H,24,26)(H,25,27). The van der Waals surface area contributed by atoms with Crippen molar-refractivity contribution in [1.82, 2.24) is 0 Å². The van der Waals surface area contributed by atoms with Crippen molar-refractivity contribution >= 4 is 44.6 Å². The maximum absolute atomic E-state index is 12.9. The lowest BCUT2D eigenvalue weighted by Crippen LogP contribution is -2.27. The molecule has 2 aromatic carbocycles. The van der Waals surface area contributed by atoms with Gasteiger partial charge in [0.25, 0.3) is 5.91 Å². The van der Waals surface area contributed by atoms with Crippen molar-refractivity contribution in [3.8, 4) is 0 Å². The van der Waals surface area contributed by atoms with E-state index in [0.29, 0.717) is 9.88 Å². The molecule has 1 aliphatic carbocycles. The van der Waals surface area contributed by atoms with Crippen LogP contribution in [0.3, 0.4) is 0 Å². The monoisotopic (exact) mass is 392 g/mol. The zero-order chi connectivity index (χ0) is 20.1. The number of anilines is 2. The van der Waals surface area contributed by atoms with Crippen LogP contribution in [-0.2, 0) is 17.6 Å². The van der Waals surface area contributed by atoms with Crippen molar-refractivity contribution in [1.29, 1.82) is 0 Å². The lowest BCUT2D eigenvalue weighted by atomic mass is 9.96. The molecule has 5 heteroatoms. The van der Waals surface area contributed by atoms with Crippen molar-refractivity contribution in [2.24, 2.45) is 5.41 Å². The SMILES string of the molecule is Cc1cc(NC(=O)C(C)(C)C)sc1C(=O)Nc1ccc2c3c(cccc13)CC2. The molecule has 0 atom stereocenters. The van der Waals surface area contributed by atoms with Crippen LogP contribution in [0.25, 0.3) is 10.8 Å². The van der Waals surface area contributed by atoms with Gasteiger partial charge in [-0.2, -0.15) is 0 Å². The summed E-state index contributed by atoms with van der Waals surface area (Å²) in [6.45, 7) is 7.50. The number of thiophene rings is 1. The first-order valence-corrected chi connectivity index (χ1v) is 10.3. The summed E-state index contributed by atoms with van der Waals surface area (Å²) in [7, 11) is 0. The van der Waals surface area contributed by atoms with Crippen molar-refractivity contribution in [2.45, 2.75) is 40.5 Å². The molecule has 0 spiro atoms. The molecule has 1 aliphatic rings. The quantitative estimate of drug-likeness (QED) is 0.614. The van der Waals surface area contributed by atoms with Gasteiger partial charge in [-0.15, -0.1) is 11.3 Å². The molecule has 144 valence electrons. The summed E-state index contributed by atoms with van der Waals surface area (Å²) >= 11 is 1.31. The Balaban J connectivity index is 1.60. The van der Waals surface area contributed by atoms with Crippen molar-refractivity contribution < 1.29 is 9.59 Å². The molecule has 0 bridgehead atoms. The van der Waals surface area contributed by atoms with Gasteiger partial charge in [0, 0.05) is 16.5 Å². The van der Waals surface area contributed by atoms with Gasteiger partial charge < -0.3 is 10.6 Å². The van der Waals surface area contributed by atoms with Gasteiger partial charge in [0.05, 0.1) is 9.88 Å². The fourth-order valence-electron chi connectivity index (χ4n) is 3.60. The highest BCUT2D eigenvalue weighted by Crippen LogP contribution is 2.36. The molecule has 0 saturated carbocycles. The highest BCUT2D eigenvalue weighted by Gasteiger charge is 2.23. The van der Waals surface area contributed by atoms with E-state index in [1.54, 1.807) is 0 Å². The highest BCUT2D eigenvalue weighted by molar-refractivity contribution is 7.18. The van der Waals surface area contributed by atoms with Crippen molar-refractivity contribution in [3.63, 3.8) is 0 Å². The topological polar surface area (TPSA) is 58.2 Å². The minimum absolute atomic E-state index is 0.0618. The smallest absolute Gasteiger partial charge is 0.266 e. The van der Waals surface area contributed by atoms with E-state index in [9.17, 15) is 9.59 Å². The van der Waals surface area contributed by atoms with Gasteiger partial charge in [-0.05, 0) is 54.0 Å². The van der Waals surface area contributed by atoms with E-state index >= 15 is 0 Å². The molecule has 0 fully saturated rings. The second kappa shape index (κ2) is 6.74. The minimum atomic E-state index is -0.481. The second-order valence-electron chi connectivity index (χ2n) is 8.39. The Morgan fingerprint density at radius 2 is 1.71 bits per heavy atom. The molecule has 1 heterocycles. The third kappa shape index (κ3) is 3.31. The minimum Gasteiger partial charge on any atom is -0.321 e. The molecule has 28 heavy (non-hydrogen) atoms. The number of hydrogen-bond donors (Lipinski definition) is 2. The molecule has 2 amide bonds. The van der Waals surface area contributed by atoms with E-state index in [-0.39, 0.29) is 11.8 Å². The van der Waals surface area contributed by atoms with Crippen LogP contribution in [0.15, 0.2) is 36.4 Å². The largest absolute Gasteiger partial charge is 0.321 e. The van der Waals surface area contributed by atoms with E-state index in [1.165, 1.54) is 27.8 Å². The van der Waals surface area contributed by atoms with E-state index in [0.717, 1.165) is 29.5 Å². The summed E-state index contributed by atoms with van der Waals surface area (Å²) in [4.78, 5) is 25.8. The average molecular weight is 393 g/mol. The first-order valence-electron chi connectivity index (χ1n) is 9.51. The molecule has 4 rings (SSSR count). The van der Waals surface area contributed by atoms with Gasteiger partial charge in [-0.25, -0.2) is 0 Å². The van der Waals surface area contributed by atoms with E-state index in [1.807, 2.05) is 39.8 Å². The van der Waals surface area contributed by atoms with Crippen molar-refractivity contribution in [2.75, 3.05) is 10.6 Å². The third-order valence-electron chi connectivity index (χ3n) is 5.17. The van der Waals surface area contributed by atoms with Crippen LogP contribution >= 0.6 is 11.3 Å². The number of nitrogens with one attached hydrogen (secondary N) is 2. The van der Waals surface area contributed by atoms with Crippen LogP contribution in [0.5, 0.6) is 0 Å². The number of benzene rings is 2. The van der Waals surface area contributed by atoms with Crippen LogP contribution in [0.4, 0.5) is 10.7 Å². The van der Waals surface area contributed by atoms with Gasteiger partial charge in [0.15, 0.2) is 0 Å². The number of aryl methyl sites for hydroxylation is 3. The van der Waals surface area contributed by atoms with Crippen LogP contribution < -0.4 is 10.6 Å². The Morgan fingerprint density at radius 3 is 2.43 bits per heavy atom. The van der Waals surface area contributed by atoms with Crippen LogP contribution in [-0.4, -0.2) is 11.8 Å². The van der Waals surface area contributed by atoms with Crippen LogP contribution in [0.2, 0.25) is 0 Å². The maximum atomic E-state index is 12.9. The predicted octanol–water partition coefficient (Wildman–Crippen LogP) is 5.55. The number of carbonyl (C=O) groups is 2. The summed E-state index contributed by atoms with van der Waals surface area (Å²) in [6, 6.07) is 12.3. The van der Waals surface area contributed by atoms with E-state index in [4.69, 9.17) is 0 Å². The lowest BCUT2D eigenvalue weighted by Gasteiger charge is -2.16. The molecular weight excluding hydrogens is 368 g/mol. The Hall–Kier alpha value is -2.66. The predicted molar refractivity (Wildman–Crippen MR) is 116 cm³/mol. The Labute approximate surface area is 169 Å². The molecule has 0 unspecified atom stereocenters. The summed E-state index contributed by atoms with van der Waals surface area (Å²) in [5.74, 6) is -0.203. The number of hydrogen-bond acceptors (Lipinski definition) is 3. The molecule has 2 N–H and O–H groups in total. The van der Waals surface area contributed by atoms with Crippen LogP contribution in [0, 0.1) is 12.3 Å². The van der Waals surface area contributed by atoms with Gasteiger partial charge in [-0.1, -0.05) is 45.0 Å². The maximum Gasteiger partial charge on any atom is 0.266 e. The number of rotatable bonds is 3. The molecule has 1 aromatic heterocycles. The average Bonchev–Trinajstić information content (AvgIpc) is 3.21. The first-order chi connectivity index (χ1) is 13.2. The van der Waals surface area contributed by atoms with Crippen molar-refractivity contribution in [3.05, 3.63) is 58.0 Å². The lowest BCUT2D eigenvalue weighted by molar-refractivity contribution is -0.123. The summed E-state index contributed by atoms with van der Waals surface area (Å²) in [6.07, 6.45) is 2.12. The highest BCUT2D eigenvalue weighted by atomic mass is 32.1. The molecule has 0 saturated heterocycles. The Kier molecular flexibility index (Phi) is 4.50. The summed E-state index contributed by atoms with van der Waals surface area (Å²) in [5, 5.41) is 9.06. The van der Waals surface area contributed by atoms with Gasteiger partial charge >= 0.3 is 0 Å². The summed E-state index contributed by atoms with van der Waals surface area (Å²) < 4.78 is 0. The van der Waals surface area contributed by atoms with Gasteiger partial charge in [0.2, 0.25) is 5.91 Å². The molecular formula is C23H24N2O2S. The Morgan fingerprint density at radius 1 is 1.00 bits per heavy atom. The van der Waals surface area contributed by atoms with Crippen LogP contribution in [0.1, 0.15) is 47.1 Å². The number of carbonyl (C=O) groups excluding carboxylic acids is 2. The molecule has 0 aliphatic heterocycles. The second-order valence-corrected chi connectivity index (χ2v) is 9.45. The van der Waals surface area contributed by atoms with E-state index in [2.05, 4.69) is 34.9 Å². The molecule has 4 nitrogen and oxygen atoms in total.